The largest absolute Gasteiger partial charge is 0.328 e. The van der Waals surface area contributed by atoms with Crippen molar-refractivity contribution in [1.82, 2.24) is 25.2 Å². The Morgan fingerprint density at radius 3 is 2.87 bits per heavy atom. The monoisotopic (exact) mass is 471 g/mol. The van der Waals surface area contributed by atoms with Gasteiger partial charge < -0.3 is 15.2 Å². The van der Waals surface area contributed by atoms with Crippen LogP contribution in [0.4, 0.5) is 0 Å². The minimum atomic E-state index is 0.532. The van der Waals surface area contributed by atoms with E-state index in [0.717, 1.165) is 66.1 Å². The summed E-state index contributed by atoms with van der Waals surface area (Å²) in [6, 6.07) is 0.532. The van der Waals surface area contributed by atoms with E-state index in [1.807, 2.05) is 25.2 Å². The summed E-state index contributed by atoms with van der Waals surface area (Å²) in [5.41, 5.74) is 3.32. The topological polar surface area (TPSA) is 54.8 Å². The molecule has 6 heteroatoms. The van der Waals surface area contributed by atoms with E-state index in [2.05, 4.69) is 60.5 Å². The number of hydrogen-bond acceptors (Lipinski definition) is 4. The average Bonchev–Trinajstić information content (AvgIpc) is 3.34. The van der Waals surface area contributed by atoms with Crippen molar-refractivity contribution in [3.8, 4) is 0 Å². The maximum Gasteiger partial charge on any atom is 0.144 e. The molecule has 5 nitrogen and oxygen atoms in total. The third kappa shape index (κ3) is 5.90. The van der Waals surface area contributed by atoms with Crippen molar-refractivity contribution in [2.75, 3.05) is 26.2 Å². The first-order valence-corrected chi connectivity index (χ1v) is 11.8. The van der Waals surface area contributed by atoms with Gasteiger partial charge in [0.2, 0.25) is 0 Å². The Morgan fingerprint density at radius 1 is 1.23 bits per heavy atom. The fourth-order valence-electron chi connectivity index (χ4n) is 4.36. The Hall–Kier alpha value is -1.76. The van der Waals surface area contributed by atoms with Crippen LogP contribution in [0.5, 0.6) is 0 Å². The molecule has 1 aliphatic carbocycles. The van der Waals surface area contributed by atoms with Gasteiger partial charge in [-0.2, -0.15) is 0 Å². The van der Waals surface area contributed by atoms with E-state index in [4.69, 9.17) is 0 Å². The first-order chi connectivity index (χ1) is 14.6. The molecule has 0 unspecified atom stereocenters. The Labute approximate surface area is 188 Å². The van der Waals surface area contributed by atoms with Crippen LogP contribution >= 0.6 is 15.9 Å². The lowest BCUT2D eigenvalue weighted by Gasteiger charge is -2.15. The zero-order valence-corrected chi connectivity index (χ0v) is 19.6. The molecule has 0 bridgehead atoms. The Morgan fingerprint density at radius 2 is 2.07 bits per heavy atom. The summed E-state index contributed by atoms with van der Waals surface area (Å²) in [7, 11) is 0. The van der Waals surface area contributed by atoms with Crippen LogP contribution in [0.1, 0.15) is 43.8 Å². The fourth-order valence-corrected chi connectivity index (χ4v) is 5.04. The summed E-state index contributed by atoms with van der Waals surface area (Å²) >= 11 is 3.70. The summed E-state index contributed by atoms with van der Waals surface area (Å²) in [5.74, 6) is 0.737. The van der Waals surface area contributed by atoms with Gasteiger partial charge in [0.15, 0.2) is 0 Å². The second-order valence-corrected chi connectivity index (χ2v) is 8.97. The van der Waals surface area contributed by atoms with Crippen molar-refractivity contribution < 1.29 is 0 Å². The number of aryl methyl sites for hydroxylation is 1. The van der Waals surface area contributed by atoms with Crippen LogP contribution < -0.4 is 10.6 Å². The highest BCUT2D eigenvalue weighted by atomic mass is 79.9. The first kappa shape index (κ1) is 22.9. The molecule has 3 rings (SSSR count). The molecule has 1 aliphatic rings. The minimum Gasteiger partial charge on any atom is -0.328 e. The van der Waals surface area contributed by atoms with Gasteiger partial charge in [0, 0.05) is 16.7 Å². The van der Waals surface area contributed by atoms with Crippen molar-refractivity contribution in [2.24, 2.45) is 5.92 Å². The molecule has 2 N–H and O–H groups in total. The van der Waals surface area contributed by atoms with Gasteiger partial charge in [-0.15, -0.1) is 0 Å². The maximum absolute atomic E-state index is 4.56. The van der Waals surface area contributed by atoms with Gasteiger partial charge >= 0.3 is 0 Å². The van der Waals surface area contributed by atoms with Crippen molar-refractivity contribution in [2.45, 2.75) is 45.1 Å². The number of nitrogens with one attached hydrogen (secondary N) is 2. The molecule has 1 saturated carbocycles. The van der Waals surface area contributed by atoms with Crippen LogP contribution in [0.25, 0.3) is 11.0 Å². The summed E-state index contributed by atoms with van der Waals surface area (Å²) in [4.78, 5) is 8.90. The highest BCUT2D eigenvalue weighted by molar-refractivity contribution is 9.10. The predicted octanol–water partition coefficient (Wildman–Crippen LogP) is 5.10. The number of fused-ring (bicyclic) bond motifs is 1. The lowest BCUT2D eigenvalue weighted by Crippen LogP contribution is -2.26. The Bertz CT molecular complexity index is 885. The Balaban J connectivity index is 1.35. The van der Waals surface area contributed by atoms with E-state index < -0.39 is 0 Å². The maximum atomic E-state index is 4.56. The normalized spacial score (nSPS) is 19.5. The van der Waals surface area contributed by atoms with Crippen molar-refractivity contribution >= 4 is 27.0 Å². The van der Waals surface area contributed by atoms with Crippen molar-refractivity contribution in [3.63, 3.8) is 0 Å². The molecule has 2 aromatic rings. The third-order valence-electron chi connectivity index (χ3n) is 5.98. The number of aromatic nitrogens is 3. The van der Waals surface area contributed by atoms with E-state index in [-0.39, 0.29) is 0 Å². The third-order valence-corrected chi connectivity index (χ3v) is 6.59. The molecule has 2 atom stereocenters. The predicted molar refractivity (Wildman–Crippen MR) is 130 cm³/mol. The SMILES string of the molecule is C=C/C=C(\C=C)CCNCCCNC[C@@H]1CC[C@H](n2cc(Br)c3c(C)ncnc32)C1. The van der Waals surface area contributed by atoms with Gasteiger partial charge in [-0.1, -0.05) is 31.4 Å². The molecule has 2 heterocycles. The summed E-state index contributed by atoms with van der Waals surface area (Å²) in [5, 5.41) is 8.31. The number of allylic oxidation sites excluding steroid dienone is 3. The molecule has 162 valence electrons. The average molecular weight is 472 g/mol. The molecule has 1 fully saturated rings. The molecular formula is C24H34BrN5. The van der Waals surface area contributed by atoms with Gasteiger partial charge in [-0.05, 0) is 92.6 Å². The standard InChI is InChI=1S/C24H34BrN5/c1-4-7-19(5-2)10-13-26-11-6-12-27-15-20-8-9-21(14-20)30-16-22(25)23-18(3)28-17-29-24(23)30/h4-5,7,16-17,20-21,26-27H,1-2,6,8-15H2,3H3/b19-7+/t20-,21+/m1/s1. The van der Waals surface area contributed by atoms with E-state index >= 15 is 0 Å². The van der Waals surface area contributed by atoms with E-state index in [0.29, 0.717) is 6.04 Å². The highest BCUT2D eigenvalue weighted by Gasteiger charge is 2.27. The zero-order chi connectivity index (χ0) is 21.3. The molecular weight excluding hydrogens is 438 g/mol. The van der Waals surface area contributed by atoms with Gasteiger partial charge in [-0.25, -0.2) is 9.97 Å². The van der Waals surface area contributed by atoms with E-state index in [1.54, 1.807) is 6.33 Å². The van der Waals surface area contributed by atoms with Gasteiger partial charge in [0.25, 0.3) is 0 Å². The minimum absolute atomic E-state index is 0.532. The van der Waals surface area contributed by atoms with Crippen molar-refractivity contribution in [1.29, 1.82) is 0 Å². The second kappa shape index (κ2) is 11.6. The van der Waals surface area contributed by atoms with Crippen LogP contribution in [0.15, 0.2) is 54.0 Å². The molecule has 30 heavy (non-hydrogen) atoms. The highest BCUT2D eigenvalue weighted by Crippen LogP contribution is 2.38. The first-order valence-electron chi connectivity index (χ1n) is 11.0. The number of nitrogens with zero attached hydrogens (tertiary/aromatic N) is 3. The van der Waals surface area contributed by atoms with Crippen LogP contribution in [0.2, 0.25) is 0 Å². The van der Waals surface area contributed by atoms with E-state index in [9.17, 15) is 0 Å². The molecule has 0 amide bonds. The quantitative estimate of drug-likeness (QED) is 0.333. The molecule has 0 saturated heterocycles. The Kier molecular flexibility index (Phi) is 8.85. The van der Waals surface area contributed by atoms with Crippen molar-refractivity contribution in [3.05, 3.63) is 59.6 Å². The van der Waals surface area contributed by atoms with Crippen LogP contribution in [0, 0.1) is 12.8 Å². The molecule has 0 radical (unpaired) electrons. The fraction of sp³-hybridized carbons (Fsp3) is 0.500. The number of rotatable bonds is 12. The van der Waals surface area contributed by atoms with Gasteiger partial charge in [0.1, 0.15) is 12.0 Å². The van der Waals surface area contributed by atoms with Crippen LogP contribution in [-0.2, 0) is 0 Å². The summed E-state index contributed by atoms with van der Waals surface area (Å²) in [6.45, 7) is 13.8. The van der Waals surface area contributed by atoms with Crippen LogP contribution in [-0.4, -0.2) is 40.7 Å². The molecule has 0 aromatic carbocycles. The number of halogens is 1. The molecule has 2 aromatic heterocycles. The van der Waals surface area contributed by atoms with Crippen LogP contribution in [0.3, 0.4) is 0 Å². The number of hydrogen-bond donors (Lipinski definition) is 2. The van der Waals surface area contributed by atoms with Gasteiger partial charge in [0.05, 0.1) is 11.1 Å². The smallest absolute Gasteiger partial charge is 0.144 e. The molecule has 0 aliphatic heterocycles. The summed E-state index contributed by atoms with van der Waals surface area (Å²) in [6.07, 6.45) is 15.5. The zero-order valence-electron chi connectivity index (χ0n) is 18.0. The van der Waals surface area contributed by atoms with E-state index in [1.165, 1.54) is 24.8 Å². The lowest BCUT2D eigenvalue weighted by molar-refractivity contribution is 0.452. The lowest BCUT2D eigenvalue weighted by atomic mass is 10.1. The summed E-state index contributed by atoms with van der Waals surface area (Å²) < 4.78 is 3.46. The van der Waals surface area contributed by atoms with Gasteiger partial charge in [-0.3, -0.25) is 0 Å². The molecule has 0 spiro atoms. The second-order valence-electron chi connectivity index (χ2n) is 8.11.